The van der Waals surface area contributed by atoms with Crippen molar-refractivity contribution in [1.82, 2.24) is 4.90 Å². The molecule has 2 saturated heterocycles. The van der Waals surface area contributed by atoms with E-state index in [9.17, 15) is 26.4 Å². The molecule has 2 unspecified atom stereocenters. The van der Waals surface area contributed by atoms with Gasteiger partial charge in [0.2, 0.25) is 0 Å². The normalized spacial score (nSPS) is 25.0. The van der Waals surface area contributed by atoms with Gasteiger partial charge in [-0.25, -0.2) is 4.79 Å². The molecule has 1 amide bonds. The van der Waals surface area contributed by atoms with E-state index in [0.29, 0.717) is 18.4 Å². The van der Waals surface area contributed by atoms with E-state index in [4.69, 9.17) is 4.74 Å². The van der Waals surface area contributed by atoms with Crippen LogP contribution in [0.1, 0.15) is 58.4 Å². The molecule has 3 rings (SSSR count). The van der Waals surface area contributed by atoms with E-state index in [2.05, 4.69) is 4.18 Å². The molecule has 1 aromatic rings. The summed E-state index contributed by atoms with van der Waals surface area (Å²) in [6, 6.07) is 5.51. The van der Waals surface area contributed by atoms with Crippen molar-refractivity contribution in [1.29, 1.82) is 0 Å². The van der Waals surface area contributed by atoms with Gasteiger partial charge in [0.1, 0.15) is 11.4 Å². The molecule has 0 aromatic heterocycles. The van der Waals surface area contributed by atoms with Crippen molar-refractivity contribution in [2.75, 3.05) is 0 Å². The number of carbonyl (C=O) groups is 1. The van der Waals surface area contributed by atoms with Gasteiger partial charge in [-0.3, -0.25) is 4.90 Å². The fourth-order valence-corrected chi connectivity index (χ4v) is 4.68. The molecule has 0 aliphatic carbocycles. The van der Waals surface area contributed by atoms with Crippen LogP contribution >= 0.6 is 0 Å². The maximum Gasteiger partial charge on any atom is 0.534 e. The summed E-state index contributed by atoms with van der Waals surface area (Å²) >= 11 is 0. The van der Waals surface area contributed by atoms with Crippen molar-refractivity contribution in [2.24, 2.45) is 0 Å². The Morgan fingerprint density at radius 1 is 1.17 bits per heavy atom. The molecule has 29 heavy (non-hydrogen) atoms. The fourth-order valence-electron chi connectivity index (χ4n) is 4.23. The van der Waals surface area contributed by atoms with E-state index in [0.717, 1.165) is 25.3 Å². The Labute approximate surface area is 168 Å². The van der Waals surface area contributed by atoms with Crippen LogP contribution < -0.4 is 4.18 Å². The molecule has 2 bridgehead atoms. The molecule has 2 aliphatic heterocycles. The first-order valence-corrected chi connectivity index (χ1v) is 10.8. The number of hydrogen-bond acceptors (Lipinski definition) is 5. The Hall–Kier alpha value is -1.97. The average Bonchev–Trinajstić information content (AvgIpc) is 2.79. The number of benzene rings is 1. The van der Waals surface area contributed by atoms with Crippen molar-refractivity contribution < 1.29 is 35.3 Å². The van der Waals surface area contributed by atoms with Crippen LogP contribution in [0.15, 0.2) is 24.3 Å². The van der Waals surface area contributed by atoms with Crippen LogP contribution in [0.25, 0.3) is 0 Å². The molecule has 0 N–H and O–H groups in total. The van der Waals surface area contributed by atoms with E-state index < -0.39 is 38.6 Å². The molecule has 2 aliphatic rings. The highest BCUT2D eigenvalue weighted by Gasteiger charge is 2.53. The second-order valence-electron chi connectivity index (χ2n) is 8.48. The number of fused-ring (bicyclic) bond motifs is 2. The molecule has 2 atom stereocenters. The lowest BCUT2D eigenvalue weighted by atomic mass is 9.81. The zero-order valence-corrected chi connectivity index (χ0v) is 17.3. The maximum absolute atomic E-state index is 12.9. The molecule has 0 radical (unpaired) electrons. The van der Waals surface area contributed by atoms with Gasteiger partial charge in [0, 0.05) is 6.04 Å². The molecule has 0 spiro atoms. The lowest BCUT2D eigenvalue weighted by molar-refractivity contribution is -0.0500. The quantitative estimate of drug-likeness (QED) is 0.509. The Morgan fingerprint density at radius 3 is 2.48 bits per heavy atom. The van der Waals surface area contributed by atoms with Crippen molar-refractivity contribution in [3.05, 3.63) is 29.8 Å². The summed E-state index contributed by atoms with van der Waals surface area (Å²) in [5.41, 5.74) is -6.43. The van der Waals surface area contributed by atoms with Gasteiger partial charge in [-0.1, -0.05) is 12.1 Å². The summed E-state index contributed by atoms with van der Waals surface area (Å²) in [5.74, 6) is -0.438. The first-order valence-electron chi connectivity index (χ1n) is 9.39. The van der Waals surface area contributed by atoms with Crippen LogP contribution in [0.2, 0.25) is 0 Å². The number of amides is 1. The number of carbonyl (C=O) groups excluding carboxylic acids is 1. The zero-order chi connectivity index (χ0) is 21.7. The molecule has 10 heteroatoms. The van der Waals surface area contributed by atoms with E-state index >= 15 is 0 Å². The number of nitrogens with zero attached hydrogens (tertiary/aromatic N) is 1. The minimum atomic E-state index is -5.77. The molecule has 6 nitrogen and oxygen atoms in total. The van der Waals surface area contributed by atoms with Crippen LogP contribution in [0, 0.1) is 0 Å². The summed E-state index contributed by atoms with van der Waals surface area (Å²) in [4.78, 5) is 14.6. The van der Waals surface area contributed by atoms with Gasteiger partial charge in [0.05, 0.1) is 5.54 Å². The lowest BCUT2D eigenvalue weighted by Crippen LogP contribution is -2.52. The summed E-state index contributed by atoms with van der Waals surface area (Å²) in [6.45, 7) is 5.29. The summed E-state index contributed by atoms with van der Waals surface area (Å²) in [5, 5.41) is 0. The predicted octanol–water partition coefficient (Wildman–Crippen LogP) is 4.69. The standard InChI is InChI=1S/C19H24F3NO5S/c1-17(2,3)27-16(24)23-14-7-5-10-18(23,11-9-14)13-6-4-8-15(12-13)28-29(25,26)19(20,21)22/h4,6,8,12,14H,5,7,9-11H2,1-3H3. The SMILES string of the molecule is CC(C)(C)OC(=O)N1C2CCCC1(c1cccc(OS(=O)(=O)C(F)(F)F)c1)CC2. The van der Waals surface area contributed by atoms with Gasteiger partial charge >= 0.3 is 21.7 Å². The summed E-state index contributed by atoms with van der Waals surface area (Å²) < 4.78 is 70.6. The van der Waals surface area contributed by atoms with Crippen molar-refractivity contribution >= 4 is 16.2 Å². The number of ether oxygens (including phenoxy) is 1. The van der Waals surface area contributed by atoms with Gasteiger partial charge in [0.15, 0.2) is 0 Å². The van der Waals surface area contributed by atoms with Gasteiger partial charge in [-0.05, 0) is 70.6 Å². The van der Waals surface area contributed by atoms with Gasteiger partial charge in [0.25, 0.3) is 0 Å². The van der Waals surface area contributed by atoms with Gasteiger partial charge < -0.3 is 8.92 Å². The predicted molar refractivity (Wildman–Crippen MR) is 98.7 cm³/mol. The van der Waals surface area contributed by atoms with Crippen molar-refractivity contribution in [3.8, 4) is 5.75 Å². The second kappa shape index (κ2) is 7.07. The highest BCUT2D eigenvalue weighted by atomic mass is 32.2. The molecular formula is C19H24F3NO5S. The molecule has 1 aromatic carbocycles. The number of hydrogen-bond donors (Lipinski definition) is 0. The van der Waals surface area contributed by atoms with E-state index in [1.165, 1.54) is 12.1 Å². The van der Waals surface area contributed by atoms with Gasteiger partial charge in [-0.15, -0.1) is 0 Å². The molecule has 162 valence electrons. The largest absolute Gasteiger partial charge is 0.534 e. The van der Waals surface area contributed by atoms with Crippen LogP contribution in [0.5, 0.6) is 5.75 Å². The monoisotopic (exact) mass is 435 g/mol. The Balaban J connectivity index is 1.96. The topological polar surface area (TPSA) is 72.9 Å². The lowest BCUT2D eigenvalue weighted by Gasteiger charge is -2.45. The third-order valence-corrected chi connectivity index (χ3v) is 6.27. The van der Waals surface area contributed by atoms with Crippen LogP contribution in [0.4, 0.5) is 18.0 Å². The zero-order valence-electron chi connectivity index (χ0n) is 16.5. The third kappa shape index (κ3) is 4.17. The van der Waals surface area contributed by atoms with E-state index in [1.54, 1.807) is 31.7 Å². The van der Waals surface area contributed by atoms with Crippen LogP contribution in [0.3, 0.4) is 0 Å². The van der Waals surface area contributed by atoms with Crippen LogP contribution in [-0.4, -0.2) is 36.6 Å². The summed E-state index contributed by atoms with van der Waals surface area (Å²) in [6.07, 6.45) is 3.15. The first-order chi connectivity index (χ1) is 13.3. The minimum absolute atomic E-state index is 0.0258. The Kier molecular flexibility index (Phi) is 5.30. The van der Waals surface area contributed by atoms with Crippen molar-refractivity contribution in [2.45, 2.75) is 75.6 Å². The molecular weight excluding hydrogens is 411 g/mol. The number of alkyl halides is 3. The highest BCUT2D eigenvalue weighted by molar-refractivity contribution is 7.88. The molecule has 2 fully saturated rings. The number of piperidine rings is 1. The average molecular weight is 435 g/mol. The highest BCUT2D eigenvalue weighted by Crippen LogP contribution is 2.51. The molecule has 0 saturated carbocycles. The van der Waals surface area contributed by atoms with E-state index in [-0.39, 0.29) is 6.04 Å². The minimum Gasteiger partial charge on any atom is -0.444 e. The fraction of sp³-hybridized carbons (Fsp3) is 0.632. The van der Waals surface area contributed by atoms with Crippen LogP contribution in [-0.2, 0) is 20.4 Å². The smallest absolute Gasteiger partial charge is 0.444 e. The number of halogens is 3. The maximum atomic E-state index is 12.9. The van der Waals surface area contributed by atoms with E-state index in [1.807, 2.05) is 0 Å². The van der Waals surface area contributed by atoms with Crippen molar-refractivity contribution in [3.63, 3.8) is 0 Å². The third-order valence-electron chi connectivity index (χ3n) is 5.30. The second-order valence-corrected chi connectivity index (χ2v) is 10.0. The summed E-state index contributed by atoms with van der Waals surface area (Å²) in [7, 11) is -5.77. The van der Waals surface area contributed by atoms with Gasteiger partial charge in [-0.2, -0.15) is 21.6 Å². The number of rotatable bonds is 3. The first kappa shape index (κ1) is 21.7. The Morgan fingerprint density at radius 2 is 1.86 bits per heavy atom. The molecule has 2 heterocycles. The Bertz CT molecular complexity index is 890.